The summed E-state index contributed by atoms with van der Waals surface area (Å²) in [4.78, 5) is 15.4. The van der Waals surface area contributed by atoms with Gasteiger partial charge in [0.25, 0.3) is 0 Å². The summed E-state index contributed by atoms with van der Waals surface area (Å²) in [6, 6.07) is 17.1. The van der Waals surface area contributed by atoms with Crippen LogP contribution in [-0.4, -0.2) is 41.6 Å². The van der Waals surface area contributed by atoms with E-state index in [-0.39, 0.29) is 11.8 Å². The average Bonchev–Trinajstić information content (AvgIpc) is 3.10. The fourth-order valence-corrected chi connectivity index (χ4v) is 4.65. The highest BCUT2D eigenvalue weighted by Gasteiger charge is 2.22. The molecule has 2 heterocycles. The van der Waals surface area contributed by atoms with Gasteiger partial charge in [-0.15, -0.1) is 0 Å². The fourth-order valence-electron chi connectivity index (χ4n) is 4.65. The van der Waals surface area contributed by atoms with Gasteiger partial charge in [-0.2, -0.15) is 0 Å². The van der Waals surface area contributed by atoms with Crippen molar-refractivity contribution in [1.29, 1.82) is 0 Å². The summed E-state index contributed by atoms with van der Waals surface area (Å²) in [5.41, 5.74) is 4.86. The van der Waals surface area contributed by atoms with Crippen LogP contribution in [-0.2, 0) is 11.8 Å². The lowest BCUT2D eigenvalue weighted by atomic mass is 9.87. The molecule has 1 atom stereocenters. The maximum Gasteiger partial charge on any atom is 0.220 e. The van der Waals surface area contributed by atoms with Crippen molar-refractivity contribution in [2.24, 2.45) is 7.05 Å². The van der Waals surface area contributed by atoms with Gasteiger partial charge in [0.1, 0.15) is 0 Å². The van der Waals surface area contributed by atoms with Gasteiger partial charge in [-0.05, 0) is 50.0 Å². The van der Waals surface area contributed by atoms with E-state index in [9.17, 15) is 4.79 Å². The largest absolute Gasteiger partial charge is 0.355 e. The number of para-hydroxylation sites is 1. The predicted molar refractivity (Wildman–Crippen MR) is 124 cm³/mol. The second kappa shape index (κ2) is 9.48. The number of hydrogen-bond acceptors (Lipinski definition) is 2. The predicted octanol–water partition coefficient (Wildman–Crippen LogP) is 4.61. The minimum absolute atomic E-state index is 0.0479. The van der Waals surface area contributed by atoms with E-state index in [0.29, 0.717) is 6.42 Å². The first-order chi connectivity index (χ1) is 14.6. The summed E-state index contributed by atoms with van der Waals surface area (Å²) in [5, 5.41) is 4.41. The maximum atomic E-state index is 12.9. The maximum absolute atomic E-state index is 12.9. The summed E-state index contributed by atoms with van der Waals surface area (Å²) in [6.45, 7) is 6.12. The van der Waals surface area contributed by atoms with Crippen LogP contribution in [0.2, 0.25) is 0 Å². The zero-order chi connectivity index (χ0) is 20.9. The van der Waals surface area contributed by atoms with E-state index < -0.39 is 0 Å². The Balaban J connectivity index is 1.52. The number of aromatic nitrogens is 1. The molecule has 0 saturated carbocycles. The van der Waals surface area contributed by atoms with Gasteiger partial charge in [-0.25, -0.2) is 0 Å². The Morgan fingerprint density at radius 1 is 1.03 bits per heavy atom. The van der Waals surface area contributed by atoms with Crippen LogP contribution in [0.25, 0.3) is 10.9 Å². The van der Waals surface area contributed by atoms with E-state index in [4.69, 9.17) is 0 Å². The number of nitrogens with zero attached hydrogens (tertiary/aromatic N) is 2. The van der Waals surface area contributed by atoms with E-state index in [0.717, 1.165) is 26.2 Å². The number of fused-ring (bicyclic) bond motifs is 1. The molecule has 0 spiro atoms. The van der Waals surface area contributed by atoms with Crippen molar-refractivity contribution in [3.05, 3.63) is 71.4 Å². The SMILES string of the molecule is Cc1ccc(C(CC(=O)NCCN2CCCCC2)c2cn(C)c3ccccc23)cc1. The molecule has 3 aromatic rings. The third-order valence-electron chi connectivity index (χ3n) is 6.37. The molecular formula is C26H33N3O. The molecule has 1 aliphatic heterocycles. The monoisotopic (exact) mass is 403 g/mol. The smallest absolute Gasteiger partial charge is 0.220 e. The van der Waals surface area contributed by atoms with Crippen LogP contribution in [0, 0.1) is 6.92 Å². The van der Waals surface area contributed by atoms with Crippen LogP contribution in [0.15, 0.2) is 54.7 Å². The Hall–Kier alpha value is -2.59. The number of likely N-dealkylation sites (tertiary alicyclic amines) is 1. The lowest BCUT2D eigenvalue weighted by Gasteiger charge is -2.26. The molecule has 0 bridgehead atoms. The molecule has 1 N–H and O–H groups in total. The highest BCUT2D eigenvalue weighted by molar-refractivity contribution is 5.86. The number of aryl methyl sites for hydroxylation is 2. The minimum Gasteiger partial charge on any atom is -0.355 e. The van der Waals surface area contributed by atoms with Crippen molar-refractivity contribution in [1.82, 2.24) is 14.8 Å². The minimum atomic E-state index is 0.0479. The molecule has 1 aromatic heterocycles. The Bertz CT molecular complexity index is 983. The Morgan fingerprint density at radius 3 is 2.53 bits per heavy atom. The molecule has 158 valence electrons. The van der Waals surface area contributed by atoms with Crippen molar-refractivity contribution in [2.45, 2.75) is 38.5 Å². The van der Waals surface area contributed by atoms with Gasteiger partial charge >= 0.3 is 0 Å². The molecule has 2 aromatic carbocycles. The average molecular weight is 404 g/mol. The zero-order valence-corrected chi connectivity index (χ0v) is 18.2. The number of amides is 1. The Kier molecular flexibility index (Phi) is 6.53. The van der Waals surface area contributed by atoms with Crippen molar-refractivity contribution in [3.63, 3.8) is 0 Å². The molecule has 4 nitrogen and oxygen atoms in total. The first-order valence-corrected chi connectivity index (χ1v) is 11.2. The van der Waals surface area contributed by atoms with E-state index >= 15 is 0 Å². The summed E-state index contributed by atoms with van der Waals surface area (Å²) in [6.07, 6.45) is 6.56. The van der Waals surface area contributed by atoms with Gasteiger partial charge in [0, 0.05) is 49.6 Å². The number of nitrogens with one attached hydrogen (secondary N) is 1. The third-order valence-corrected chi connectivity index (χ3v) is 6.37. The summed E-state index contributed by atoms with van der Waals surface area (Å²) in [5.74, 6) is 0.178. The van der Waals surface area contributed by atoms with Crippen LogP contribution in [0.1, 0.15) is 48.3 Å². The van der Waals surface area contributed by atoms with Crippen molar-refractivity contribution in [3.8, 4) is 0 Å². The summed E-state index contributed by atoms with van der Waals surface area (Å²) < 4.78 is 2.17. The van der Waals surface area contributed by atoms with Gasteiger partial charge in [0.15, 0.2) is 0 Å². The zero-order valence-electron chi connectivity index (χ0n) is 18.2. The molecule has 4 heteroatoms. The highest BCUT2D eigenvalue weighted by atomic mass is 16.1. The fraction of sp³-hybridized carbons (Fsp3) is 0.423. The van der Waals surface area contributed by atoms with Gasteiger partial charge in [0.2, 0.25) is 5.91 Å². The molecule has 0 aliphatic carbocycles. The van der Waals surface area contributed by atoms with E-state index in [2.05, 4.69) is 83.5 Å². The second-order valence-corrected chi connectivity index (χ2v) is 8.63. The van der Waals surface area contributed by atoms with Crippen molar-refractivity contribution >= 4 is 16.8 Å². The lowest BCUT2D eigenvalue weighted by Crippen LogP contribution is -2.38. The van der Waals surface area contributed by atoms with Crippen LogP contribution < -0.4 is 5.32 Å². The van der Waals surface area contributed by atoms with Crippen molar-refractivity contribution < 1.29 is 4.79 Å². The van der Waals surface area contributed by atoms with Gasteiger partial charge in [-0.3, -0.25) is 4.79 Å². The van der Waals surface area contributed by atoms with Crippen LogP contribution in [0.5, 0.6) is 0 Å². The number of benzene rings is 2. The summed E-state index contributed by atoms with van der Waals surface area (Å²) >= 11 is 0. The molecule has 1 aliphatic rings. The van der Waals surface area contributed by atoms with Gasteiger partial charge in [0.05, 0.1) is 0 Å². The van der Waals surface area contributed by atoms with Crippen LogP contribution >= 0.6 is 0 Å². The molecular weight excluding hydrogens is 370 g/mol. The molecule has 1 unspecified atom stereocenters. The molecule has 4 rings (SSSR count). The molecule has 1 saturated heterocycles. The highest BCUT2D eigenvalue weighted by Crippen LogP contribution is 2.34. The second-order valence-electron chi connectivity index (χ2n) is 8.63. The number of hydrogen-bond donors (Lipinski definition) is 1. The topological polar surface area (TPSA) is 37.3 Å². The van der Waals surface area contributed by atoms with E-state index in [1.165, 1.54) is 46.9 Å². The quantitative estimate of drug-likeness (QED) is 0.625. The first kappa shape index (κ1) is 20.7. The van der Waals surface area contributed by atoms with Gasteiger partial charge in [-0.1, -0.05) is 54.4 Å². The number of carbonyl (C=O) groups is 1. The molecule has 30 heavy (non-hydrogen) atoms. The molecule has 0 radical (unpaired) electrons. The van der Waals surface area contributed by atoms with E-state index in [1.807, 2.05) is 0 Å². The Morgan fingerprint density at radius 2 is 1.77 bits per heavy atom. The standard InChI is InChI=1S/C26H33N3O/c1-20-10-12-21(13-11-20)23(24-19-28(2)25-9-5-4-8-22(24)25)18-26(30)27-14-17-29-15-6-3-7-16-29/h4-5,8-13,19,23H,3,6-7,14-18H2,1-2H3,(H,27,30). The first-order valence-electron chi connectivity index (χ1n) is 11.2. The number of rotatable bonds is 7. The summed E-state index contributed by atoms with van der Waals surface area (Å²) in [7, 11) is 2.08. The van der Waals surface area contributed by atoms with Gasteiger partial charge < -0.3 is 14.8 Å². The molecule has 1 amide bonds. The molecule has 1 fully saturated rings. The number of carbonyl (C=O) groups excluding carboxylic acids is 1. The lowest BCUT2D eigenvalue weighted by molar-refractivity contribution is -0.121. The number of piperidine rings is 1. The third kappa shape index (κ3) is 4.76. The van der Waals surface area contributed by atoms with Crippen LogP contribution in [0.4, 0.5) is 0 Å². The van der Waals surface area contributed by atoms with Crippen LogP contribution in [0.3, 0.4) is 0 Å². The van der Waals surface area contributed by atoms with Crippen molar-refractivity contribution in [2.75, 3.05) is 26.2 Å². The van der Waals surface area contributed by atoms with E-state index in [1.54, 1.807) is 0 Å². The Labute approximate surface area is 179 Å². The normalized spacial score (nSPS) is 15.9.